The molecule has 6 N–H and O–H groups in total. The molecule has 0 aliphatic carbocycles. The first-order valence-corrected chi connectivity index (χ1v) is 6.72. The van der Waals surface area contributed by atoms with Gasteiger partial charge in [-0.3, -0.25) is 10.4 Å². The fourth-order valence-electron chi connectivity index (χ4n) is 1.17. The number of hydrogen-bond acceptors (Lipinski definition) is 5. The van der Waals surface area contributed by atoms with Crippen molar-refractivity contribution < 1.29 is 13.0 Å². The lowest BCUT2D eigenvalue weighted by molar-refractivity contribution is 0.483. The highest BCUT2D eigenvalue weighted by Crippen LogP contribution is 2.10. The number of nitrogen functional groups attached to an aromatic ring is 2. The Morgan fingerprint density at radius 3 is 1.84 bits per heavy atom. The average molecular weight is 281 g/mol. The Hall–Kier alpha value is -2.09. The van der Waals surface area contributed by atoms with Gasteiger partial charge in [0.05, 0.1) is 4.90 Å². The van der Waals surface area contributed by atoms with Gasteiger partial charge in [-0.05, 0) is 36.4 Å². The van der Waals surface area contributed by atoms with Crippen molar-refractivity contribution in [1.82, 2.24) is 0 Å². The Balaban J connectivity index is 0.000000200. The summed E-state index contributed by atoms with van der Waals surface area (Å²) < 4.78 is 29.4. The predicted molar refractivity (Wildman–Crippen MR) is 74.9 cm³/mol. The van der Waals surface area contributed by atoms with Crippen LogP contribution in [0.4, 0.5) is 11.4 Å². The van der Waals surface area contributed by atoms with Crippen LogP contribution in [-0.2, 0) is 10.1 Å². The van der Waals surface area contributed by atoms with Crippen molar-refractivity contribution in [2.24, 2.45) is 5.84 Å². The van der Waals surface area contributed by atoms with Crippen molar-refractivity contribution in [2.45, 2.75) is 4.90 Å². The van der Waals surface area contributed by atoms with E-state index in [-0.39, 0.29) is 4.90 Å². The molecule has 0 aliphatic heterocycles. The first-order chi connectivity index (χ1) is 8.93. The van der Waals surface area contributed by atoms with Crippen LogP contribution in [-0.4, -0.2) is 13.0 Å². The maximum absolute atomic E-state index is 10.5. The molecule has 2 aromatic carbocycles. The van der Waals surface area contributed by atoms with Gasteiger partial charge in [0.15, 0.2) is 0 Å². The van der Waals surface area contributed by atoms with Crippen LogP contribution in [0.25, 0.3) is 0 Å². The number of hydrazine groups is 1. The predicted octanol–water partition coefficient (Wildman–Crippen LogP) is 1.49. The number of nitrogens with one attached hydrogen (secondary N) is 1. The van der Waals surface area contributed by atoms with Crippen molar-refractivity contribution in [3.63, 3.8) is 0 Å². The van der Waals surface area contributed by atoms with Crippen LogP contribution in [0.5, 0.6) is 0 Å². The van der Waals surface area contributed by atoms with Crippen molar-refractivity contribution in [3.8, 4) is 0 Å². The van der Waals surface area contributed by atoms with Gasteiger partial charge < -0.3 is 11.2 Å². The monoisotopic (exact) mass is 281 g/mol. The number of benzene rings is 2. The minimum Gasteiger partial charge on any atom is -0.399 e. The normalized spacial score (nSPS) is 10.2. The minimum atomic E-state index is -4.08. The number of rotatable bonds is 2. The molecule has 0 aliphatic rings. The van der Waals surface area contributed by atoms with E-state index in [1.165, 1.54) is 24.3 Å². The highest BCUT2D eigenvalue weighted by molar-refractivity contribution is 7.85. The van der Waals surface area contributed by atoms with Crippen LogP contribution in [0.15, 0.2) is 59.5 Å². The van der Waals surface area contributed by atoms with Crippen LogP contribution in [0.1, 0.15) is 0 Å². The lowest BCUT2D eigenvalue weighted by atomic mass is 10.3. The zero-order valence-electron chi connectivity index (χ0n) is 10.0. The molecule has 2 rings (SSSR count). The molecule has 7 heteroatoms. The number of anilines is 2. The summed E-state index contributed by atoms with van der Waals surface area (Å²) in [6.07, 6.45) is 0. The standard InChI is InChI=1S/C6H8N2.C6H7NO3S/c7-8-6-4-2-1-3-5-6;7-5-1-3-6(4-2-5)11(8,9)10/h1-5,8H,7H2;1-4H,7H2,(H,8,9,10). The van der Waals surface area contributed by atoms with Gasteiger partial charge in [-0.2, -0.15) is 8.42 Å². The molecule has 19 heavy (non-hydrogen) atoms. The molecule has 0 bridgehead atoms. The third-order valence-electron chi connectivity index (χ3n) is 2.12. The Morgan fingerprint density at radius 2 is 1.47 bits per heavy atom. The van der Waals surface area contributed by atoms with Gasteiger partial charge in [0.2, 0.25) is 0 Å². The maximum atomic E-state index is 10.5. The Kier molecular flexibility index (Phi) is 5.31. The molecule has 0 radical (unpaired) electrons. The summed E-state index contributed by atoms with van der Waals surface area (Å²) >= 11 is 0. The number of para-hydroxylation sites is 1. The van der Waals surface area contributed by atoms with E-state index in [9.17, 15) is 8.42 Å². The molecule has 0 unspecified atom stereocenters. The smallest absolute Gasteiger partial charge is 0.294 e. The van der Waals surface area contributed by atoms with E-state index < -0.39 is 10.1 Å². The first kappa shape index (κ1) is 15.0. The fourth-order valence-corrected chi connectivity index (χ4v) is 1.65. The van der Waals surface area contributed by atoms with Crippen LogP contribution in [0.3, 0.4) is 0 Å². The zero-order valence-corrected chi connectivity index (χ0v) is 10.8. The van der Waals surface area contributed by atoms with Crippen molar-refractivity contribution >= 4 is 21.5 Å². The largest absolute Gasteiger partial charge is 0.399 e. The lowest BCUT2D eigenvalue weighted by Crippen LogP contribution is -2.05. The number of nitrogens with two attached hydrogens (primary N) is 2. The van der Waals surface area contributed by atoms with E-state index in [4.69, 9.17) is 16.1 Å². The lowest BCUT2D eigenvalue weighted by Gasteiger charge is -1.95. The van der Waals surface area contributed by atoms with Gasteiger partial charge in [-0.25, -0.2) is 0 Å². The van der Waals surface area contributed by atoms with Crippen molar-refractivity contribution in [1.29, 1.82) is 0 Å². The van der Waals surface area contributed by atoms with Crippen LogP contribution >= 0.6 is 0 Å². The van der Waals surface area contributed by atoms with Crippen LogP contribution in [0.2, 0.25) is 0 Å². The second-order valence-electron chi connectivity index (χ2n) is 3.55. The molecule has 0 heterocycles. The zero-order chi connectivity index (χ0) is 14.3. The molecular weight excluding hydrogens is 266 g/mol. The highest BCUT2D eigenvalue weighted by Gasteiger charge is 2.06. The van der Waals surface area contributed by atoms with E-state index in [0.29, 0.717) is 5.69 Å². The molecule has 0 atom stereocenters. The van der Waals surface area contributed by atoms with E-state index >= 15 is 0 Å². The summed E-state index contributed by atoms with van der Waals surface area (Å²) in [5, 5.41) is 0. The molecule has 0 saturated heterocycles. The summed E-state index contributed by atoms with van der Waals surface area (Å²) in [5.74, 6) is 5.10. The van der Waals surface area contributed by atoms with E-state index in [2.05, 4.69) is 5.43 Å². The van der Waals surface area contributed by atoms with E-state index in [1.54, 1.807) is 0 Å². The van der Waals surface area contributed by atoms with Gasteiger partial charge in [0, 0.05) is 11.4 Å². The van der Waals surface area contributed by atoms with Gasteiger partial charge in [0.1, 0.15) is 0 Å². The molecule has 0 saturated carbocycles. The molecule has 0 aromatic heterocycles. The van der Waals surface area contributed by atoms with Crippen molar-refractivity contribution in [2.75, 3.05) is 11.2 Å². The molecule has 0 fully saturated rings. The molecule has 0 amide bonds. The van der Waals surface area contributed by atoms with Gasteiger partial charge in [-0.15, -0.1) is 0 Å². The van der Waals surface area contributed by atoms with Gasteiger partial charge >= 0.3 is 0 Å². The Labute approximate surface area is 111 Å². The van der Waals surface area contributed by atoms with E-state index in [1.807, 2.05) is 30.3 Å². The SMILES string of the molecule is NNc1ccccc1.Nc1ccc(S(=O)(=O)O)cc1. The highest BCUT2D eigenvalue weighted by atomic mass is 32.2. The maximum Gasteiger partial charge on any atom is 0.294 e. The summed E-state index contributed by atoms with van der Waals surface area (Å²) in [7, 11) is -4.08. The van der Waals surface area contributed by atoms with E-state index in [0.717, 1.165) is 5.69 Å². The average Bonchev–Trinajstić information content (AvgIpc) is 2.40. The van der Waals surface area contributed by atoms with Gasteiger partial charge in [-0.1, -0.05) is 18.2 Å². The first-order valence-electron chi connectivity index (χ1n) is 5.28. The summed E-state index contributed by atoms with van der Waals surface area (Å²) in [6, 6.07) is 14.9. The minimum absolute atomic E-state index is 0.147. The molecule has 6 nitrogen and oxygen atoms in total. The topological polar surface area (TPSA) is 118 Å². The summed E-state index contributed by atoms with van der Waals surface area (Å²) in [6.45, 7) is 0. The molecule has 102 valence electrons. The van der Waals surface area contributed by atoms with Crippen LogP contribution < -0.4 is 17.0 Å². The molecule has 0 spiro atoms. The van der Waals surface area contributed by atoms with Crippen molar-refractivity contribution in [3.05, 3.63) is 54.6 Å². The second-order valence-corrected chi connectivity index (χ2v) is 4.98. The summed E-state index contributed by atoms with van der Waals surface area (Å²) in [4.78, 5) is -0.147. The fraction of sp³-hybridized carbons (Fsp3) is 0. The third-order valence-corrected chi connectivity index (χ3v) is 2.99. The third kappa shape index (κ3) is 5.38. The molecular formula is C12H15N3O3S. The summed E-state index contributed by atoms with van der Waals surface area (Å²) in [5.41, 5.74) is 9.21. The second kappa shape index (κ2) is 6.74. The Morgan fingerprint density at radius 1 is 0.947 bits per heavy atom. The molecule has 2 aromatic rings. The quantitative estimate of drug-likeness (QED) is 0.286. The van der Waals surface area contributed by atoms with Crippen LogP contribution in [0, 0.1) is 0 Å². The van der Waals surface area contributed by atoms with Gasteiger partial charge in [0.25, 0.3) is 10.1 Å². The Bertz CT molecular complexity index is 598. The number of hydrogen-bond donors (Lipinski definition) is 4.